The third kappa shape index (κ3) is 5.46. The largest absolute Gasteiger partial charge is 0.368 e. The zero-order chi connectivity index (χ0) is 25.1. The number of piperazine rings is 1. The number of rotatable bonds is 7. The number of carbonyl (C=O) groups is 1. The molecule has 5 rings (SSSR count). The highest BCUT2D eigenvalue weighted by Gasteiger charge is 2.22. The fraction of sp³-hybridized carbons (Fsp3) is 0.240. The fourth-order valence-corrected chi connectivity index (χ4v) is 5.86. The van der Waals surface area contributed by atoms with Crippen molar-refractivity contribution in [3.63, 3.8) is 0 Å². The van der Waals surface area contributed by atoms with E-state index in [4.69, 9.17) is 0 Å². The molecule has 9 nitrogen and oxygen atoms in total. The number of aryl methyl sites for hydroxylation is 1. The smallest absolute Gasteiger partial charge is 0.263 e. The third-order valence-corrected chi connectivity index (χ3v) is 8.31. The van der Waals surface area contributed by atoms with Crippen molar-refractivity contribution in [1.29, 1.82) is 0 Å². The predicted octanol–water partition coefficient (Wildman–Crippen LogP) is 3.58. The van der Waals surface area contributed by atoms with Crippen LogP contribution in [-0.2, 0) is 21.4 Å². The van der Waals surface area contributed by atoms with Gasteiger partial charge in [0.05, 0.1) is 4.90 Å². The van der Waals surface area contributed by atoms with E-state index in [1.807, 2.05) is 11.1 Å². The number of halogens is 1. The van der Waals surface area contributed by atoms with Crippen LogP contribution in [0.1, 0.15) is 6.42 Å². The Labute approximate surface area is 223 Å². The first-order valence-electron chi connectivity index (χ1n) is 11.6. The molecule has 1 fully saturated rings. The molecule has 1 aliphatic heterocycles. The highest BCUT2D eigenvalue weighted by atomic mass is 127. The minimum atomic E-state index is -3.74. The Balaban J connectivity index is 1.14. The lowest BCUT2D eigenvalue weighted by Crippen LogP contribution is -2.49. The van der Waals surface area contributed by atoms with Gasteiger partial charge in [-0.15, -0.1) is 0 Å². The number of nitrogens with zero attached hydrogens (tertiary/aromatic N) is 5. The number of aromatic nitrogens is 3. The summed E-state index contributed by atoms with van der Waals surface area (Å²) in [6.45, 7) is 3.32. The van der Waals surface area contributed by atoms with E-state index in [0.29, 0.717) is 39.1 Å². The van der Waals surface area contributed by atoms with Gasteiger partial charge in [0.15, 0.2) is 0 Å². The molecule has 1 aliphatic rings. The van der Waals surface area contributed by atoms with Gasteiger partial charge in [-0.05, 0) is 77.2 Å². The standard InChI is InChI=1S/C25H25IN6O3S/c26-20-1-6-23-19(17-20)8-11-31(23)12-9-25(33)32-15-13-30(14-16-32)21-2-4-22(5-3-21)36(34,35)29-24-7-10-27-18-28-24/h1-8,10-11,17-18H,9,12-16H2,(H,27,28,29). The van der Waals surface area contributed by atoms with Gasteiger partial charge in [0.25, 0.3) is 10.0 Å². The van der Waals surface area contributed by atoms with E-state index in [-0.39, 0.29) is 16.6 Å². The first-order valence-corrected chi connectivity index (χ1v) is 14.1. The molecule has 2 aromatic carbocycles. The lowest BCUT2D eigenvalue weighted by molar-refractivity contribution is -0.131. The fourth-order valence-electron chi connectivity index (χ4n) is 4.34. The van der Waals surface area contributed by atoms with Gasteiger partial charge in [0.2, 0.25) is 5.91 Å². The first kappa shape index (κ1) is 24.5. The second kappa shape index (κ2) is 10.4. The van der Waals surface area contributed by atoms with E-state index in [0.717, 1.165) is 11.2 Å². The molecule has 0 saturated carbocycles. The van der Waals surface area contributed by atoms with Gasteiger partial charge in [-0.1, -0.05) is 0 Å². The number of amides is 1. The van der Waals surface area contributed by atoms with E-state index in [9.17, 15) is 13.2 Å². The molecule has 1 N–H and O–H groups in total. The maximum atomic E-state index is 12.8. The molecule has 1 saturated heterocycles. The molecule has 0 atom stereocenters. The van der Waals surface area contributed by atoms with Crippen molar-refractivity contribution in [1.82, 2.24) is 19.4 Å². The molecule has 11 heteroatoms. The van der Waals surface area contributed by atoms with Crippen LogP contribution in [0.25, 0.3) is 10.9 Å². The van der Waals surface area contributed by atoms with E-state index in [1.54, 1.807) is 24.3 Å². The summed E-state index contributed by atoms with van der Waals surface area (Å²) in [6.07, 6.45) is 5.26. The molecule has 1 amide bonds. The maximum absolute atomic E-state index is 12.8. The summed E-state index contributed by atoms with van der Waals surface area (Å²) in [4.78, 5) is 24.8. The van der Waals surface area contributed by atoms with Crippen molar-refractivity contribution in [3.8, 4) is 0 Å². The van der Waals surface area contributed by atoms with Crippen molar-refractivity contribution in [2.24, 2.45) is 0 Å². The van der Waals surface area contributed by atoms with Gasteiger partial charge in [-0.2, -0.15) is 0 Å². The average molecular weight is 616 g/mol. The minimum Gasteiger partial charge on any atom is -0.368 e. The number of benzene rings is 2. The molecule has 4 aromatic rings. The monoisotopic (exact) mass is 616 g/mol. The Morgan fingerprint density at radius 1 is 1.00 bits per heavy atom. The predicted molar refractivity (Wildman–Crippen MR) is 147 cm³/mol. The molecule has 0 bridgehead atoms. The van der Waals surface area contributed by atoms with Gasteiger partial charge >= 0.3 is 0 Å². The molecule has 186 valence electrons. The van der Waals surface area contributed by atoms with Crippen LogP contribution >= 0.6 is 22.6 Å². The molecular weight excluding hydrogens is 591 g/mol. The van der Waals surface area contributed by atoms with Crippen LogP contribution in [0.4, 0.5) is 11.5 Å². The van der Waals surface area contributed by atoms with Gasteiger partial charge in [-0.25, -0.2) is 18.4 Å². The van der Waals surface area contributed by atoms with Gasteiger partial charge in [-0.3, -0.25) is 9.52 Å². The summed E-state index contributed by atoms with van der Waals surface area (Å²) < 4.78 is 31.0. The number of nitrogens with one attached hydrogen (secondary N) is 1. The van der Waals surface area contributed by atoms with E-state index in [2.05, 4.69) is 71.0 Å². The molecule has 3 heterocycles. The molecule has 0 radical (unpaired) electrons. The van der Waals surface area contributed by atoms with Gasteiger partial charge in [0, 0.05) is 71.7 Å². The van der Waals surface area contributed by atoms with E-state index in [1.165, 1.54) is 27.5 Å². The molecule has 36 heavy (non-hydrogen) atoms. The number of hydrogen-bond donors (Lipinski definition) is 1. The summed E-state index contributed by atoms with van der Waals surface area (Å²) >= 11 is 2.31. The van der Waals surface area contributed by atoms with Crippen molar-refractivity contribution in [2.75, 3.05) is 35.8 Å². The first-order chi connectivity index (χ1) is 17.4. The summed E-state index contributed by atoms with van der Waals surface area (Å²) in [5.74, 6) is 0.369. The summed E-state index contributed by atoms with van der Waals surface area (Å²) in [5, 5.41) is 1.19. The van der Waals surface area contributed by atoms with Gasteiger partial charge < -0.3 is 14.4 Å². The molecule has 2 aromatic heterocycles. The maximum Gasteiger partial charge on any atom is 0.263 e. The quantitative estimate of drug-likeness (QED) is 0.319. The Morgan fingerprint density at radius 2 is 1.78 bits per heavy atom. The highest BCUT2D eigenvalue weighted by molar-refractivity contribution is 14.1. The molecule has 0 unspecified atom stereocenters. The average Bonchev–Trinajstić information content (AvgIpc) is 3.29. The summed E-state index contributed by atoms with van der Waals surface area (Å²) in [6, 6.07) is 16.7. The van der Waals surface area contributed by atoms with Crippen LogP contribution < -0.4 is 9.62 Å². The van der Waals surface area contributed by atoms with E-state index < -0.39 is 10.0 Å². The molecule has 0 spiro atoms. The Bertz CT molecular complexity index is 1470. The Kier molecular flexibility index (Phi) is 7.10. The van der Waals surface area contributed by atoms with Crippen molar-refractivity contribution in [3.05, 3.63) is 76.9 Å². The third-order valence-electron chi connectivity index (χ3n) is 6.27. The van der Waals surface area contributed by atoms with E-state index >= 15 is 0 Å². The van der Waals surface area contributed by atoms with Crippen LogP contribution in [0.15, 0.2) is 78.2 Å². The summed E-state index contributed by atoms with van der Waals surface area (Å²) in [5.41, 5.74) is 2.07. The second-order valence-corrected chi connectivity index (χ2v) is 11.5. The van der Waals surface area contributed by atoms with Crippen molar-refractivity contribution in [2.45, 2.75) is 17.9 Å². The Hall–Kier alpha value is -3.19. The highest BCUT2D eigenvalue weighted by Crippen LogP contribution is 2.22. The number of sulfonamides is 1. The van der Waals surface area contributed by atoms with Crippen molar-refractivity contribution >= 4 is 60.9 Å². The van der Waals surface area contributed by atoms with Crippen molar-refractivity contribution < 1.29 is 13.2 Å². The number of fused-ring (bicyclic) bond motifs is 1. The lowest BCUT2D eigenvalue weighted by atomic mass is 10.2. The van der Waals surface area contributed by atoms with Crippen LogP contribution in [-0.4, -0.2) is 59.9 Å². The van der Waals surface area contributed by atoms with Crippen LogP contribution in [0.5, 0.6) is 0 Å². The Morgan fingerprint density at radius 3 is 2.50 bits per heavy atom. The topological polar surface area (TPSA) is 100 Å². The van der Waals surface area contributed by atoms with Crippen LogP contribution in [0, 0.1) is 3.57 Å². The molecular formula is C25H25IN6O3S. The van der Waals surface area contributed by atoms with Gasteiger partial charge in [0.1, 0.15) is 12.1 Å². The summed E-state index contributed by atoms with van der Waals surface area (Å²) in [7, 11) is -3.74. The zero-order valence-corrected chi connectivity index (χ0v) is 22.4. The number of carbonyl (C=O) groups excluding carboxylic acids is 1. The number of hydrogen-bond acceptors (Lipinski definition) is 6. The lowest BCUT2D eigenvalue weighted by Gasteiger charge is -2.36. The SMILES string of the molecule is O=C(CCn1ccc2cc(I)ccc21)N1CCN(c2ccc(S(=O)(=O)Nc3ccncn3)cc2)CC1. The van der Waals surface area contributed by atoms with Crippen LogP contribution in [0.2, 0.25) is 0 Å². The normalized spacial score (nSPS) is 14.2. The number of anilines is 2. The van der Waals surface area contributed by atoms with Crippen LogP contribution in [0.3, 0.4) is 0 Å². The zero-order valence-electron chi connectivity index (χ0n) is 19.4. The second-order valence-electron chi connectivity index (χ2n) is 8.52. The minimum absolute atomic E-state index is 0.152. The molecule has 0 aliphatic carbocycles.